The third-order valence-corrected chi connectivity index (χ3v) is 4.95. The van der Waals surface area contributed by atoms with E-state index in [0.29, 0.717) is 5.92 Å². The van der Waals surface area contributed by atoms with Gasteiger partial charge in [-0.15, -0.1) is 0 Å². The number of ether oxygens (including phenoxy) is 2. The Labute approximate surface area is 115 Å². The fraction of sp³-hybridized carbons (Fsp3) is 0.529. The van der Waals surface area contributed by atoms with E-state index in [0.717, 1.165) is 11.5 Å². The molecule has 2 atom stereocenters. The van der Waals surface area contributed by atoms with Gasteiger partial charge in [-0.1, -0.05) is 31.9 Å². The van der Waals surface area contributed by atoms with Crippen molar-refractivity contribution < 1.29 is 9.47 Å². The van der Waals surface area contributed by atoms with Gasteiger partial charge in [-0.25, -0.2) is 0 Å². The van der Waals surface area contributed by atoms with E-state index < -0.39 is 0 Å². The lowest BCUT2D eigenvalue weighted by molar-refractivity contribution is 0.356. The van der Waals surface area contributed by atoms with E-state index in [1.165, 1.54) is 30.4 Å². The van der Waals surface area contributed by atoms with Gasteiger partial charge < -0.3 is 9.47 Å². The monoisotopic (exact) mass is 258 g/mol. The molecule has 0 aliphatic heterocycles. The fourth-order valence-electron chi connectivity index (χ4n) is 3.85. The molecule has 1 aromatic carbocycles. The SMILES string of the molecule is COc1cc(OC)c2c(c1)[C@@]1(C)CCC[C@H](C)C1=C2. The van der Waals surface area contributed by atoms with Crippen molar-refractivity contribution in [3.8, 4) is 11.5 Å². The Bertz CT molecular complexity index is 544. The van der Waals surface area contributed by atoms with E-state index in [4.69, 9.17) is 9.47 Å². The summed E-state index contributed by atoms with van der Waals surface area (Å²) in [5.74, 6) is 2.50. The van der Waals surface area contributed by atoms with Gasteiger partial charge in [-0.05, 0) is 30.4 Å². The van der Waals surface area contributed by atoms with Crippen LogP contribution >= 0.6 is 0 Å². The highest BCUT2D eigenvalue weighted by molar-refractivity contribution is 5.75. The molecule has 2 aliphatic carbocycles. The van der Waals surface area contributed by atoms with Crippen LogP contribution in [0, 0.1) is 5.92 Å². The maximum Gasteiger partial charge on any atom is 0.130 e. The van der Waals surface area contributed by atoms with Gasteiger partial charge in [0.05, 0.1) is 14.2 Å². The molecule has 0 unspecified atom stereocenters. The molecule has 3 rings (SSSR count). The number of hydrogen-bond acceptors (Lipinski definition) is 2. The molecular formula is C17H22O2. The first-order chi connectivity index (χ1) is 9.10. The number of rotatable bonds is 2. The second-order valence-electron chi connectivity index (χ2n) is 6.02. The molecule has 0 amide bonds. The smallest absolute Gasteiger partial charge is 0.130 e. The average Bonchev–Trinajstić information content (AvgIpc) is 2.72. The summed E-state index contributed by atoms with van der Waals surface area (Å²) in [6.45, 7) is 4.72. The zero-order valence-electron chi connectivity index (χ0n) is 12.2. The van der Waals surface area contributed by atoms with Crippen LogP contribution in [0.15, 0.2) is 17.7 Å². The van der Waals surface area contributed by atoms with Gasteiger partial charge in [0, 0.05) is 17.0 Å². The molecule has 1 fully saturated rings. The summed E-state index contributed by atoms with van der Waals surface area (Å²) in [5, 5.41) is 0. The standard InChI is InChI=1S/C17H22O2/c1-11-6-5-7-17(2)14(11)10-13-15(17)8-12(18-3)9-16(13)19-4/h8-11H,5-7H2,1-4H3/t11-,17-/m0/s1. The number of methoxy groups -OCH3 is 2. The van der Waals surface area contributed by atoms with Gasteiger partial charge in [-0.3, -0.25) is 0 Å². The van der Waals surface area contributed by atoms with Crippen molar-refractivity contribution in [3.63, 3.8) is 0 Å². The predicted octanol–water partition coefficient (Wildman–Crippen LogP) is 4.18. The molecule has 1 aromatic rings. The van der Waals surface area contributed by atoms with Gasteiger partial charge in [0.25, 0.3) is 0 Å². The van der Waals surface area contributed by atoms with Crippen molar-refractivity contribution in [1.82, 2.24) is 0 Å². The Balaban J connectivity index is 2.20. The Morgan fingerprint density at radius 1 is 1.21 bits per heavy atom. The van der Waals surface area contributed by atoms with Crippen LogP contribution < -0.4 is 9.47 Å². The average molecular weight is 258 g/mol. The minimum Gasteiger partial charge on any atom is -0.497 e. The van der Waals surface area contributed by atoms with Crippen molar-refractivity contribution in [1.29, 1.82) is 0 Å². The van der Waals surface area contributed by atoms with Crippen LogP contribution in [-0.2, 0) is 5.41 Å². The maximum atomic E-state index is 5.56. The molecule has 19 heavy (non-hydrogen) atoms. The molecule has 2 heteroatoms. The minimum absolute atomic E-state index is 0.175. The predicted molar refractivity (Wildman–Crippen MR) is 77.9 cm³/mol. The first kappa shape index (κ1) is 12.6. The summed E-state index contributed by atoms with van der Waals surface area (Å²) < 4.78 is 11.0. The number of allylic oxidation sites excluding steroid dienone is 1. The van der Waals surface area contributed by atoms with Crippen LogP contribution in [0.3, 0.4) is 0 Å². The third kappa shape index (κ3) is 1.69. The van der Waals surface area contributed by atoms with Gasteiger partial charge >= 0.3 is 0 Å². The summed E-state index contributed by atoms with van der Waals surface area (Å²) in [5.41, 5.74) is 4.38. The van der Waals surface area contributed by atoms with E-state index in [-0.39, 0.29) is 5.41 Å². The maximum absolute atomic E-state index is 5.56. The third-order valence-electron chi connectivity index (χ3n) is 4.95. The van der Waals surface area contributed by atoms with Gasteiger partial charge in [0.15, 0.2) is 0 Å². The van der Waals surface area contributed by atoms with Crippen molar-refractivity contribution in [2.45, 2.75) is 38.5 Å². The highest BCUT2D eigenvalue weighted by Crippen LogP contribution is 2.54. The van der Waals surface area contributed by atoms with Gasteiger partial charge in [-0.2, -0.15) is 0 Å². The molecule has 0 N–H and O–H groups in total. The summed E-state index contributed by atoms with van der Waals surface area (Å²) >= 11 is 0. The zero-order valence-corrected chi connectivity index (χ0v) is 12.2. The second kappa shape index (κ2) is 4.29. The Morgan fingerprint density at radius 3 is 2.68 bits per heavy atom. The van der Waals surface area contributed by atoms with Crippen LogP contribution in [0.5, 0.6) is 11.5 Å². The highest BCUT2D eigenvalue weighted by atomic mass is 16.5. The van der Waals surface area contributed by atoms with Crippen LogP contribution in [0.25, 0.3) is 6.08 Å². The molecular weight excluding hydrogens is 236 g/mol. The molecule has 0 radical (unpaired) electrons. The topological polar surface area (TPSA) is 18.5 Å². The minimum atomic E-state index is 0.175. The Morgan fingerprint density at radius 2 is 2.00 bits per heavy atom. The molecule has 2 aliphatic rings. The normalized spacial score (nSPS) is 28.4. The van der Waals surface area contributed by atoms with Crippen molar-refractivity contribution >= 4 is 6.08 Å². The molecule has 0 aromatic heterocycles. The quantitative estimate of drug-likeness (QED) is 0.792. The molecule has 102 valence electrons. The zero-order chi connectivity index (χ0) is 13.6. The van der Waals surface area contributed by atoms with Crippen LogP contribution in [0.1, 0.15) is 44.2 Å². The fourth-order valence-corrected chi connectivity index (χ4v) is 3.85. The lowest BCUT2D eigenvalue weighted by Gasteiger charge is -2.37. The molecule has 1 saturated carbocycles. The summed E-state index contributed by atoms with van der Waals surface area (Å²) in [6.07, 6.45) is 6.19. The van der Waals surface area contributed by atoms with E-state index in [9.17, 15) is 0 Å². The second-order valence-corrected chi connectivity index (χ2v) is 6.02. The molecule has 0 bridgehead atoms. The first-order valence-corrected chi connectivity index (χ1v) is 7.08. The van der Waals surface area contributed by atoms with Crippen LogP contribution in [0.4, 0.5) is 0 Å². The molecule has 0 saturated heterocycles. The number of benzene rings is 1. The van der Waals surface area contributed by atoms with Gasteiger partial charge in [0.1, 0.15) is 11.5 Å². The Kier molecular flexibility index (Phi) is 2.84. The van der Waals surface area contributed by atoms with Crippen molar-refractivity contribution in [3.05, 3.63) is 28.8 Å². The number of fused-ring (bicyclic) bond motifs is 3. The highest BCUT2D eigenvalue weighted by Gasteiger charge is 2.42. The molecule has 0 spiro atoms. The van der Waals surface area contributed by atoms with Crippen LogP contribution in [0.2, 0.25) is 0 Å². The summed E-state index contributed by atoms with van der Waals surface area (Å²) in [7, 11) is 3.46. The first-order valence-electron chi connectivity index (χ1n) is 7.08. The van der Waals surface area contributed by atoms with E-state index in [1.807, 2.05) is 6.07 Å². The van der Waals surface area contributed by atoms with E-state index in [1.54, 1.807) is 19.8 Å². The van der Waals surface area contributed by atoms with Crippen LogP contribution in [-0.4, -0.2) is 14.2 Å². The van der Waals surface area contributed by atoms with Gasteiger partial charge in [0.2, 0.25) is 0 Å². The molecule has 2 nitrogen and oxygen atoms in total. The molecule has 0 heterocycles. The van der Waals surface area contributed by atoms with Crippen molar-refractivity contribution in [2.24, 2.45) is 5.92 Å². The summed E-state index contributed by atoms with van der Waals surface area (Å²) in [6, 6.07) is 4.18. The Hall–Kier alpha value is -1.44. The summed E-state index contributed by atoms with van der Waals surface area (Å²) in [4.78, 5) is 0. The largest absolute Gasteiger partial charge is 0.497 e. The van der Waals surface area contributed by atoms with E-state index in [2.05, 4.69) is 26.0 Å². The lowest BCUT2D eigenvalue weighted by atomic mass is 9.66. The number of hydrogen-bond donors (Lipinski definition) is 0. The lowest BCUT2D eigenvalue weighted by Crippen LogP contribution is -2.29. The van der Waals surface area contributed by atoms with E-state index >= 15 is 0 Å². The van der Waals surface area contributed by atoms with Crippen molar-refractivity contribution in [2.75, 3.05) is 14.2 Å².